The van der Waals surface area contributed by atoms with Crippen molar-refractivity contribution in [1.29, 1.82) is 0 Å². The lowest BCUT2D eigenvalue weighted by Crippen LogP contribution is -2.28. The first-order valence-electron chi connectivity index (χ1n) is 6.32. The van der Waals surface area contributed by atoms with Gasteiger partial charge in [0, 0.05) is 26.1 Å². The van der Waals surface area contributed by atoms with Crippen LogP contribution in [0.4, 0.5) is 0 Å². The van der Waals surface area contributed by atoms with Crippen LogP contribution in [0.25, 0.3) is 0 Å². The van der Waals surface area contributed by atoms with E-state index in [1.165, 1.54) is 0 Å². The number of hydrogen-bond acceptors (Lipinski definition) is 4. The van der Waals surface area contributed by atoms with Gasteiger partial charge in [0.05, 0.1) is 17.4 Å². The lowest BCUT2D eigenvalue weighted by atomic mass is 9.76. The third-order valence-electron chi connectivity index (χ3n) is 3.38. The van der Waals surface area contributed by atoms with Crippen molar-refractivity contribution in [3.63, 3.8) is 0 Å². The molecule has 1 aromatic rings. The molecule has 2 rings (SSSR count). The Hall–Kier alpha value is -1.29. The summed E-state index contributed by atoms with van der Waals surface area (Å²) in [6, 6.07) is 0. The predicted molar refractivity (Wildman–Crippen MR) is 68.6 cm³/mol. The molecule has 98 valence electrons. The van der Waals surface area contributed by atoms with Gasteiger partial charge in [0.2, 0.25) is 0 Å². The molecular formula is C14H20N2O2. The Morgan fingerprint density at radius 2 is 2.17 bits per heavy atom. The van der Waals surface area contributed by atoms with Crippen LogP contribution in [0.3, 0.4) is 0 Å². The Morgan fingerprint density at radius 3 is 2.83 bits per heavy atom. The molecule has 0 saturated carbocycles. The number of fused-ring (bicyclic) bond motifs is 1. The molecule has 0 fully saturated rings. The number of carbonyl (C=O) groups is 1. The topological polar surface area (TPSA) is 52.1 Å². The second-order valence-corrected chi connectivity index (χ2v) is 5.84. The van der Waals surface area contributed by atoms with Crippen molar-refractivity contribution in [3.8, 4) is 0 Å². The lowest BCUT2D eigenvalue weighted by Gasteiger charge is -2.29. The number of hydrogen-bond donors (Lipinski definition) is 0. The van der Waals surface area contributed by atoms with Gasteiger partial charge in [-0.1, -0.05) is 13.8 Å². The molecule has 1 atom stereocenters. The SMILES string of the molecule is COC(C)Cc1ncc2c(n1)CC(C)(C)CC2=O. The number of carbonyl (C=O) groups excluding carboxylic acids is 1. The molecule has 0 aromatic carbocycles. The molecule has 0 spiro atoms. The molecule has 1 aliphatic carbocycles. The number of ether oxygens (including phenoxy) is 1. The highest BCUT2D eigenvalue weighted by Gasteiger charge is 2.32. The van der Waals surface area contributed by atoms with Crippen molar-refractivity contribution in [2.75, 3.05) is 7.11 Å². The Kier molecular flexibility index (Phi) is 3.48. The van der Waals surface area contributed by atoms with Crippen molar-refractivity contribution in [3.05, 3.63) is 23.3 Å². The third-order valence-corrected chi connectivity index (χ3v) is 3.38. The number of methoxy groups -OCH3 is 1. The maximum absolute atomic E-state index is 12.0. The van der Waals surface area contributed by atoms with E-state index in [4.69, 9.17) is 4.74 Å². The summed E-state index contributed by atoms with van der Waals surface area (Å²) in [6.45, 7) is 6.19. The maximum Gasteiger partial charge on any atom is 0.166 e. The molecule has 0 aliphatic heterocycles. The first-order chi connectivity index (χ1) is 8.41. The van der Waals surface area contributed by atoms with Crippen LogP contribution >= 0.6 is 0 Å². The fourth-order valence-corrected chi connectivity index (χ4v) is 2.31. The fraction of sp³-hybridized carbons (Fsp3) is 0.643. The third kappa shape index (κ3) is 2.75. The molecule has 0 amide bonds. The summed E-state index contributed by atoms with van der Waals surface area (Å²) in [5.41, 5.74) is 1.59. The zero-order valence-electron chi connectivity index (χ0n) is 11.5. The zero-order valence-corrected chi connectivity index (χ0v) is 11.5. The van der Waals surface area contributed by atoms with Gasteiger partial charge in [0.1, 0.15) is 5.82 Å². The summed E-state index contributed by atoms with van der Waals surface area (Å²) in [4.78, 5) is 20.8. The molecule has 0 radical (unpaired) electrons. The highest BCUT2D eigenvalue weighted by Crippen LogP contribution is 2.33. The van der Waals surface area contributed by atoms with Gasteiger partial charge in [-0.2, -0.15) is 0 Å². The van der Waals surface area contributed by atoms with Crippen LogP contribution in [0, 0.1) is 5.41 Å². The van der Waals surface area contributed by atoms with Crippen molar-refractivity contribution in [2.24, 2.45) is 5.41 Å². The van der Waals surface area contributed by atoms with Gasteiger partial charge in [0.15, 0.2) is 5.78 Å². The first-order valence-corrected chi connectivity index (χ1v) is 6.32. The highest BCUT2D eigenvalue weighted by molar-refractivity contribution is 5.98. The molecule has 0 N–H and O–H groups in total. The molecule has 4 nitrogen and oxygen atoms in total. The maximum atomic E-state index is 12.0. The number of aromatic nitrogens is 2. The minimum Gasteiger partial charge on any atom is -0.381 e. The van der Waals surface area contributed by atoms with Crippen LogP contribution in [0.15, 0.2) is 6.20 Å². The Balaban J connectivity index is 2.28. The van der Waals surface area contributed by atoms with Gasteiger partial charge < -0.3 is 4.74 Å². The summed E-state index contributed by atoms with van der Waals surface area (Å²) in [7, 11) is 1.68. The molecule has 18 heavy (non-hydrogen) atoms. The van der Waals surface area contributed by atoms with E-state index < -0.39 is 0 Å². The highest BCUT2D eigenvalue weighted by atomic mass is 16.5. The Labute approximate surface area is 108 Å². The fourth-order valence-electron chi connectivity index (χ4n) is 2.31. The number of rotatable bonds is 3. The Morgan fingerprint density at radius 1 is 1.44 bits per heavy atom. The lowest BCUT2D eigenvalue weighted by molar-refractivity contribution is 0.0909. The first kappa shape index (κ1) is 13.1. The molecule has 1 aliphatic rings. The van der Waals surface area contributed by atoms with Crippen molar-refractivity contribution >= 4 is 5.78 Å². The Bertz CT molecular complexity index is 469. The van der Waals surface area contributed by atoms with Crippen LogP contribution in [0.1, 0.15) is 49.1 Å². The minimum absolute atomic E-state index is 0.00256. The summed E-state index contributed by atoms with van der Waals surface area (Å²) in [5.74, 6) is 0.918. The number of Topliss-reactive ketones (excluding diaryl/α,β-unsaturated/α-hetero) is 1. The standard InChI is InChI=1S/C14H20N2O2/c1-9(18-4)5-13-15-8-10-11(16-13)6-14(2,3)7-12(10)17/h8-9H,5-7H2,1-4H3. The van der Waals surface area contributed by atoms with Crippen molar-refractivity contribution in [2.45, 2.75) is 46.1 Å². The van der Waals surface area contributed by atoms with E-state index in [0.29, 0.717) is 18.4 Å². The summed E-state index contributed by atoms with van der Waals surface area (Å²) >= 11 is 0. The largest absolute Gasteiger partial charge is 0.381 e. The van der Waals surface area contributed by atoms with Gasteiger partial charge in [-0.3, -0.25) is 4.79 Å². The van der Waals surface area contributed by atoms with Gasteiger partial charge in [-0.05, 0) is 18.8 Å². The van der Waals surface area contributed by atoms with E-state index in [2.05, 4.69) is 23.8 Å². The van der Waals surface area contributed by atoms with Crippen LogP contribution in [-0.2, 0) is 17.6 Å². The smallest absolute Gasteiger partial charge is 0.166 e. The molecule has 0 saturated heterocycles. The van der Waals surface area contributed by atoms with E-state index in [0.717, 1.165) is 17.9 Å². The van der Waals surface area contributed by atoms with E-state index in [1.54, 1.807) is 13.3 Å². The van der Waals surface area contributed by atoms with E-state index in [1.807, 2.05) is 6.92 Å². The normalized spacial score (nSPS) is 19.4. The summed E-state index contributed by atoms with van der Waals surface area (Å²) in [6.07, 6.45) is 3.87. The molecular weight excluding hydrogens is 228 g/mol. The molecule has 0 bridgehead atoms. The summed E-state index contributed by atoms with van der Waals surface area (Å²) in [5, 5.41) is 0. The average molecular weight is 248 g/mol. The van der Waals surface area contributed by atoms with Crippen LogP contribution in [0.2, 0.25) is 0 Å². The van der Waals surface area contributed by atoms with Gasteiger partial charge >= 0.3 is 0 Å². The molecule has 1 unspecified atom stereocenters. The van der Waals surface area contributed by atoms with Crippen LogP contribution in [-0.4, -0.2) is 29.0 Å². The molecule has 4 heteroatoms. The minimum atomic E-state index is 0.00256. The van der Waals surface area contributed by atoms with Gasteiger partial charge in [0.25, 0.3) is 0 Å². The van der Waals surface area contributed by atoms with Crippen molar-refractivity contribution < 1.29 is 9.53 Å². The summed E-state index contributed by atoms with van der Waals surface area (Å²) < 4.78 is 5.21. The van der Waals surface area contributed by atoms with Gasteiger partial charge in [-0.25, -0.2) is 9.97 Å². The second kappa shape index (κ2) is 4.76. The quantitative estimate of drug-likeness (QED) is 0.823. The van der Waals surface area contributed by atoms with E-state index >= 15 is 0 Å². The van der Waals surface area contributed by atoms with Gasteiger partial charge in [-0.15, -0.1) is 0 Å². The molecule has 1 aromatic heterocycles. The molecule has 1 heterocycles. The van der Waals surface area contributed by atoms with Crippen LogP contribution < -0.4 is 0 Å². The van der Waals surface area contributed by atoms with Crippen LogP contribution in [0.5, 0.6) is 0 Å². The number of nitrogens with zero attached hydrogens (tertiary/aromatic N) is 2. The predicted octanol–water partition coefficient (Wildman–Crippen LogP) is 2.21. The zero-order chi connectivity index (χ0) is 13.3. The van der Waals surface area contributed by atoms with Crippen molar-refractivity contribution in [1.82, 2.24) is 9.97 Å². The second-order valence-electron chi connectivity index (χ2n) is 5.84. The van der Waals surface area contributed by atoms with E-state index in [-0.39, 0.29) is 17.3 Å². The average Bonchev–Trinajstić information content (AvgIpc) is 2.26. The number of ketones is 1. The van der Waals surface area contributed by atoms with E-state index in [9.17, 15) is 4.79 Å². The monoisotopic (exact) mass is 248 g/mol.